The third-order valence-corrected chi connectivity index (χ3v) is 3.46. The third kappa shape index (κ3) is 2.17. The fourth-order valence-corrected chi connectivity index (χ4v) is 2.35. The average Bonchev–Trinajstić information content (AvgIpc) is 2.47. The molecule has 2 heteroatoms. The fourth-order valence-electron chi connectivity index (χ4n) is 2.35. The second kappa shape index (κ2) is 4.73. The maximum atomic E-state index is 5.96. The standard InChI is InChI=1S/C17H16N2/c1-2-12-10-13(5-7-16(12)18)14-6-8-17-15(11-14)4-3-9-19-17/h3-11H,2,18H2,1H3. The molecule has 3 aromatic rings. The maximum absolute atomic E-state index is 5.96. The monoisotopic (exact) mass is 248 g/mol. The van der Waals surface area contributed by atoms with Gasteiger partial charge in [0.1, 0.15) is 0 Å². The van der Waals surface area contributed by atoms with Crippen LogP contribution < -0.4 is 5.73 Å². The molecule has 0 aliphatic heterocycles. The van der Waals surface area contributed by atoms with Gasteiger partial charge in [-0.15, -0.1) is 0 Å². The number of fused-ring (bicyclic) bond motifs is 1. The molecule has 0 aliphatic carbocycles. The number of nitrogens with two attached hydrogens (primary N) is 1. The Kier molecular flexibility index (Phi) is 2.92. The number of hydrogen-bond acceptors (Lipinski definition) is 2. The zero-order chi connectivity index (χ0) is 13.2. The number of pyridine rings is 1. The summed E-state index contributed by atoms with van der Waals surface area (Å²) in [6.45, 7) is 2.12. The Morgan fingerprint density at radius 1 is 1.00 bits per heavy atom. The molecule has 0 amide bonds. The summed E-state index contributed by atoms with van der Waals surface area (Å²) in [6.07, 6.45) is 2.77. The highest BCUT2D eigenvalue weighted by molar-refractivity contribution is 5.84. The van der Waals surface area contributed by atoms with Crippen molar-refractivity contribution in [3.8, 4) is 11.1 Å². The van der Waals surface area contributed by atoms with Gasteiger partial charge in [-0.25, -0.2) is 0 Å². The van der Waals surface area contributed by atoms with Gasteiger partial charge in [-0.05, 0) is 53.4 Å². The highest BCUT2D eigenvalue weighted by Gasteiger charge is 2.03. The number of rotatable bonds is 2. The second-order valence-electron chi connectivity index (χ2n) is 4.68. The molecule has 2 N–H and O–H groups in total. The van der Waals surface area contributed by atoms with Crippen molar-refractivity contribution in [3.05, 3.63) is 60.3 Å². The van der Waals surface area contributed by atoms with Gasteiger partial charge in [0, 0.05) is 17.3 Å². The molecular formula is C17H16N2. The van der Waals surface area contributed by atoms with Crippen molar-refractivity contribution in [2.24, 2.45) is 0 Å². The molecule has 0 unspecified atom stereocenters. The first-order valence-electron chi connectivity index (χ1n) is 6.51. The minimum atomic E-state index is 0.869. The van der Waals surface area contributed by atoms with Crippen molar-refractivity contribution in [3.63, 3.8) is 0 Å². The Hall–Kier alpha value is -2.35. The van der Waals surface area contributed by atoms with Crippen LogP contribution in [0.15, 0.2) is 54.7 Å². The number of aryl methyl sites for hydroxylation is 1. The van der Waals surface area contributed by atoms with Crippen molar-refractivity contribution in [1.29, 1.82) is 0 Å². The Morgan fingerprint density at radius 3 is 2.63 bits per heavy atom. The zero-order valence-corrected chi connectivity index (χ0v) is 10.9. The first-order valence-corrected chi connectivity index (χ1v) is 6.51. The fraction of sp³-hybridized carbons (Fsp3) is 0.118. The summed E-state index contributed by atoms with van der Waals surface area (Å²) in [4.78, 5) is 4.34. The average molecular weight is 248 g/mol. The molecule has 0 saturated heterocycles. The predicted octanol–water partition coefficient (Wildman–Crippen LogP) is 4.05. The van der Waals surface area contributed by atoms with E-state index in [0.29, 0.717) is 0 Å². The molecule has 1 heterocycles. The van der Waals surface area contributed by atoms with Crippen LogP contribution in [0, 0.1) is 0 Å². The molecule has 0 fully saturated rings. The predicted molar refractivity (Wildman–Crippen MR) is 81.0 cm³/mol. The molecule has 3 rings (SSSR count). The van der Waals surface area contributed by atoms with Crippen LogP contribution in [0.3, 0.4) is 0 Å². The lowest BCUT2D eigenvalue weighted by atomic mass is 9.99. The Morgan fingerprint density at radius 2 is 1.79 bits per heavy atom. The quantitative estimate of drug-likeness (QED) is 0.695. The smallest absolute Gasteiger partial charge is 0.0702 e. The number of hydrogen-bond donors (Lipinski definition) is 1. The van der Waals surface area contributed by atoms with Crippen LogP contribution in [0.1, 0.15) is 12.5 Å². The van der Waals surface area contributed by atoms with E-state index in [2.05, 4.69) is 48.3 Å². The minimum absolute atomic E-state index is 0.869. The van der Waals surface area contributed by atoms with Crippen molar-refractivity contribution in [1.82, 2.24) is 4.98 Å². The molecule has 0 radical (unpaired) electrons. The minimum Gasteiger partial charge on any atom is -0.399 e. The summed E-state index contributed by atoms with van der Waals surface area (Å²) in [5, 5.41) is 1.16. The van der Waals surface area contributed by atoms with Gasteiger partial charge in [0.25, 0.3) is 0 Å². The largest absolute Gasteiger partial charge is 0.399 e. The molecule has 94 valence electrons. The Balaban J connectivity index is 2.13. The summed E-state index contributed by atoms with van der Waals surface area (Å²) in [5.74, 6) is 0. The normalized spacial score (nSPS) is 10.8. The highest BCUT2D eigenvalue weighted by Crippen LogP contribution is 2.26. The topological polar surface area (TPSA) is 38.9 Å². The molecular weight excluding hydrogens is 232 g/mol. The third-order valence-electron chi connectivity index (χ3n) is 3.46. The molecule has 0 saturated carbocycles. The van der Waals surface area contributed by atoms with Crippen LogP contribution in [-0.4, -0.2) is 4.98 Å². The van der Waals surface area contributed by atoms with Crippen LogP contribution in [0.25, 0.3) is 22.0 Å². The van der Waals surface area contributed by atoms with Gasteiger partial charge in [-0.3, -0.25) is 4.98 Å². The highest BCUT2D eigenvalue weighted by atomic mass is 14.6. The number of aromatic nitrogens is 1. The molecule has 2 aromatic carbocycles. The van der Waals surface area contributed by atoms with Crippen molar-refractivity contribution >= 4 is 16.6 Å². The molecule has 0 bridgehead atoms. The first-order chi connectivity index (χ1) is 9.28. The summed E-state index contributed by atoms with van der Waals surface area (Å²) >= 11 is 0. The molecule has 1 aromatic heterocycles. The van der Waals surface area contributed by atoms with Crippen molar-refractivity contribution < 1.29 is 0 Å². The van der Waals surface area contributed by atoms with Crippen LogP contribution in [0.2, 0.25) is 0 Å². The van der Waals surface area contributed by atoms with Gasteiger partial charge < -0.3 is 5.73 Å². The van der Waals surface area contributed by atoms with E-state index in [1.54, 1.807) is 0 Å². The molecule has 0 aliphatic rings. The van der Waals surface area contributed by atoms with E-state index < -0.39 is 0 Å². The zero-order valence-electron chi connectivity index (χ0n) is 10.9. The first kappa shape index (κ1) is 11.7. The lowest BCUT2D eigenvalue weighted by Crippen LogP contribution is -1.93. The van der Waals surface area contributed by atoms with Crippen LogP contribution in [0.4, 0.5) is 5.69 Å². The van der Waals surface area contributed by atoms with Gasteiger partial charge in [0.15, 0.2) is 0 Å². The van der Waals surface area contributed by atoms with Crippen LogP contribution in [-0.2, 0) is 6.42 Å². The summed E-state index contributed by atoms with van der Waals surface area (Å²) in [5.41, 5.74) is 11.5. The van der Waals surface area contributed by atoms with E-state index in [1.165, 1.54) is 16.7 Å². The van der Waals surface area contributed by atoms with Gasteiger partial charge in [0.05, 0.1) is 5.52 Å². The number of nitrogen functional groups attached to an aromatic ring is 1. The van der Waals surface area contributed by atoms with Gasteiger partial charge in [-0.1, -0.05) is 25.1 Å². The summed E-state index contributed by atoms with van der Waals surface area (Å²) < 4.78 is 0. The molecule has 2 nitrogen and oxygen atoms in total. The van der Waals surface area contributed by atoms with Gasteiger partial charge in [0.2, 0.25) is 0 Å². The van der Waals surface area contributed by atoms with Crippen LogP contribution >= 0.6 is 0 Å². The van der Waals surface area contributed by atoms with E-state index >= 15 is 0 Å². The summed E-state index contributed by atoms with van der Waals surface area (Å²) in [7, 11) is 0. The Labute approximate surface area is 112 Å². The van der Waals surface area contributed by atoms with Crippen molar-refractivity contribution in [2.75, 3.05) is 5.73 Å². The van der Waals surface area contributed by atoms with E-state index in [-0.39, 0.29) is 0 Å². The van der Waals surface area contributed by atoms with Crippen molar-refractivity contribution in [2.45, 2.75) is 13.3 Å². The Bertz CT molecular complexity index is 732. The van der Waals surface area contributed by atoms with Gasteiger partial charge >= 0.3 is 0 Å². The molecule has 0 spiro atoms. The second-order valence-corrected chi connectivity index (χ2v) is 4.68. The number of anilines is 1. The lowest BCUT2D eigenvalue weighted by Gasteiger charge is -2.08. The number of benzene rings is 2. The van der Waals surface area contributed by atoms with E-state index in [0.717, 1.165) is 23.0 Å². The lowest BCUT2D eigenvalue weighted by molar-refractivity contribution is 1.15. The number of nitrogens with zero attached hydrogens (tertiary/aromatic N) is 1. The molecule has 19 heavy (non-hydrogen) atoms. The summed E-state index contributed by atoms with van der Waals surface area (Å²) in [6, 6.07) is 16.6. The van der Waals surface area contributed by atoms with E-state index in [9.17, 15) is 0 Å². The van der Waals surface area contributed by atoms with Gasteiger partial charge in [-0.2, -0.15) is 0 Å². The van der Waals surface area contributed by atoms with E-state index in [1.807, 2.05) is 18.3 Å². The van der Waals surface area contributed by atoms with E-state index in [4.69, 9.17) is 5.73 Å². The molecule has 0 atom stereocenters. The van der Waals surface area contributed by atoms with Crippen LogP contribution in [0.5, 0.6) is 0 Å². The SMILES string of the molecule is CCc1cc(-c2ccc3ncccc3c2)ccc1N. The maximum Gasteiger partial charge on any atom is 0.0702 e.